The molecule has 4 rings (SSSR count). The van der Waals surface area contributed by atoms with Crippen molar-refractivity contribution >= 4 is 28.7 Å². The molecule has 0 radical (unpaired) electrons. The number of benzene rings is 3. The van der Waals surface area contributed by atoms with Gasteiger partial charge in [0.2, 0.25) is 0 Å². The summed E-state index contributed by atoms with van der Waals surface area (Å²) in [7, 11) is 0. The summed E-state index contributed by atoms with van der Waals surface area (Å²) in [6.07, 6.45) is 0. The van der Waals surface area contributed by atoms with Crippen molar-refractivity contribution in [3.8, 4) is 23.0 Å². The monoisotopic (exact) mass is 378 g/mol. The van der Waals surface area contributed by atoms with Gasteiger partial charge in [0.1, 0.15) is 24.7 Å². The van der Waals surface area contributed by atoms with E-state index in [4.69, 9.17) is 26.4 Å². The number of ether oxygens (including phenoxy) is 3. The Bertz CT molecular complexity index is 930. The van der Waals surface area contributed by atoms with Gasteiger partial charge in [0.15, 0.2) is 16.6 Å². The van der Waals surface area contributed by atoms with Crippen molar-refractivity contribution < 1.29 is 14.2 Å². The summed E-state index contributed by atoms with van der Waals surface area (Å²) in [6.45, 7) is 1.13. The largest absolute Gasteiger partial charge is 0.486 e. The number of hydrogen-bond donors (Lipinski definition) is 2. The summed E-state index contributed by atoms with van der Waals surface area (Å²) >= 11 is 5.39. The molecule has 27 heavy (non-hydrogen) atoms. The lowest BCUT2D eigenvalue weighted by Gasteiger charge is -2.19. The third-order valence-electron chi connectivity index (χ3n) is 3.89. The Hall–Kier alpha value is -3.25. The van der Waals surface area contributed by atoms with Crippen molar-refractivity contribution in [2.75, 3.05) is 23.8 Å². The van der Waals surface area contributed by atoms with E-state index in [2.05, 4.69) is 10.6 Å². The molecule has 0 bridgehead atoms. The van der Waals surface area contributed by atoms with E-state index in [1.165, 1.54) is 0 Å². The van der Waals surface area contributed by atoms with E-state index in [1.54, 1.807) is 0 Å². The normalized spacial score (nSPS) is 12.1. The minimum atomic E-state index is 0.489. The fourth-order valence-electron chi connectivity index (χ4n) is 2.65. The lowest BCUT2D eigenvalue weighted by Crippen LogP contribution is -2.20. The van der Waals surface area contributed by atoms with Gasteiger partial charge in [-0.3, -0.25) is 0 Å². The van der Waals surface area contributed by atoms with E-state index in [0.717, 1.165) is 34.4 Å². The molecule has 1 aliphatic heterocycles. The molecule has 1 heterocycles. The van der Waals surface area contributed by atoms with Crippen LogP contribution in [0, 0.1) is 0 Å². The quantitative estimate of drug-likeness (QED) is 0.619. The minimum absolute atomic E-state index is 0.489. The Morgan fingerprint density at radius 2 is 1.37 bits per heavy atom. The van der Waals surface area contributed by atoms with Crippen LogP contribution >= 0.6 is 12.2 Å². The average Bonchev–Trinajstić information content (AvgIpc) is 2.70. The first-order valence-corrected chi connectivity index (χ1v) is 8.98. The van der Waals surface area contributed by atoms with Crippen LogP contribution in [-0.4, -0.2) is 18.3 Å². The molecule has 0 spiro atoms. The Labute approximate surface area is 162 Å². The molecular weight excluding hydrogens is 360 g/mol. The van der Waals surface area contributed by atoms with Gasteiger partial charge >= 0.3 is 0 Å². The van der Waals surface area contributed by atoms with E-state index in [9.17, 15) is 0 Å². The third kappa shape index (κ3) is 4.48. The van der Waals surface area contributed by atoms with Crippen LogP contribution in [0.5, 0.6) is 23.0 Å². The molecule has 3 aromatic rings. The highest BCUT2D eigenvalue weighted by atomic mass is 32.1. The number of thiocarbonyl (C=S) groups is 1. The van der Waals surface area contributed by atoms with E-state index in [-0.39, 0.29) is 0 Å². The lowest BCUT2D eigenvalue weighted by atomic mass is 10.2. The summed E-state index contributed by atoms with van der Waals surface area (Å²) in [4.78, 5) is 0. The zero-order valence-corrected chi connectivity index (χ0v) is 15.3. The molecule has 0 aliphatic carbocycles. The molecule has 0 aromatic heterocycles. The summed E-state index contributed by atoms with van der Waals surface area (Å²) in [5.41, 5.74) is 1.70. The highest BCUT2D eigenvalue weighted by Crippen LogP contribution is 2.32. The molecule has 0 fully saturated rings. The minimum Gasteiger partial charge on any atom is -0.486 e. The van der Waals surface area contributed by atoms with Crippen molar-refractivity contribution in [1.82, 2.24) is 0 Å². The maximum atomic E-state index is 5.78. The lowest BCUT2D eigenvalue weighted by molar-refractivity contribution is 0.171. The molecule has 0 amide bonds. The predicted molar refractivity (Wildman–Crippen MR) is 110 cm³/mol. The number of nitrogens with one attached hydrogen (secondary N) is 2. The van der Waals surface area contributed by atoms with Crippen LogP contribution in [0.2, 0.25) is 0 Å². The van der Waals surface area contributed by atoms with E-state index in [0.29, 0.717) is 18.3 Å². The summed E-state index contributed by atoms with van der Waals surface area (Å²) in [5, 5.41) is 6.79. The summed E-state index contributed by atoms with van der Waals surface area (Å²) in [5.74, 6) is 3.03. The first kappa shape index (κ1) is 17.2. The Morgan fingerprint density at radius 3 is 2.15 bits per heavy atom. The predicted octanol–water partition coefficient (Wildman–Crippen LogP) is 5.06. The van der Waals surface area contributed by atoms with E-state index >= 15 is 0 Å². The van der Waals surface area contributed by atoms with Crippen LogP contribution in [-0.2, 0) is 0 Å². The molecule has 2 N–H and O–H groups in total. The van der Waals surface area contributed by atoms with Gasteiger partial charge in [-0.05, 0) is 60.7 Å². The Kier molecular flexibility index (Phi) is 5.07. The van der Waals surface area contributed by atoms with Crippen LogP contribution in [0.1, 0.15) is 0 Å². The van der Waals surface area contributed by atoms with Crippen molar-refractivity contribution in [3.63, 3.8) is 0 Å². The van der Waals surface area contributed by atoms with Crippen LogP contribution in [0.4, 0.5) is 11.4 Å². The van der Waals surface area contributed by atoms with Gasteiger partial charge in [-0.1, -0.05) is 18.2 Å². The van der Waals surface area contributed by atoms with Gasteiger partial charge in [-0.15, -0.1) is 0 Å². The zero-order chi connectivity index (χ0) is 18.5. The van der Waals surface area contributed by atoms with Crippen LogP contribution in [0.25, 0.3) is 0 Å². The van der Waals surface area contributed by atoms with Crippen molar-refractivity contribution in [2.24, 2.45) is 0 Å². The topological polar surface area (TPSA) is 51.8 Å². The number of para-hydroxylation sites is 1. The molecule has 0 unspecified atom stereocenters. The fourth-order valence-corrected chi connectivity index (χ4v) is 2.88. The molecular formula is C21H18N2O3S. The molecule has 0 atom stereocenters. The van der Waals surface area contributed by atoms with Gasteiger partial charge in [0.25, 0.3) is 0 Å². The Balaban J connectivity index is 1.35. The molecule has 0 saturated carbocycles. The highest BCUT2D eigenvalue weighted by Gasteiger charge is 2.12. The van der Waals surface area contributed by atoms with Crippen LogP contribution < -0.4 is 24.8 Å². The molecule has 136 valence electrons. The van der Waals surface area contributed by atoms with Crippen molar-refractivity contribution in [1.29, 1.82) is 0 Å². The van der Waals surface area contributed by atoms with E-state index in [1.807, 2.05) is 72.8 Å². The third-order valence-corrected chi connectivity index (χ3v) is 4.10. The van der Waals surface area contributed by atoms with Crippen molar-refractivity contribution in [3.05, 3.63) is 72.8 Å². The second kappa shape index (κ2) is 7.97. The SMILES string of the molecule is S=C(Nc1ccc(Oc2ccccc2)cc1)Nc1ccc2c(c1)OCCO2. The number of anilines is 2. The maximum absolute atomic E-state index is 5.78. The van der Waals surface area contributed by atoms with E-state index < -0.39 is 0 Å². The zero-order valence-electron chi connectivity index (χ0n) is 14.5. The standard InChI is InChI=1S/C21H18N2O3S/c27-21(23-16-8-11-19-20(14-16)25-13-12-24-19)22-15-6-9-18(10-7-15)26-17-4-2-1-3-5-17/h1-11,14H,12-13H2,(H2,22,23,27). The van der Waals surface area contributed by atoms with Crippen LogP contribution in [0.15, 0.2) is 72.8 Å². The second-order valence-corrected chi connectivity index (χ2v) is 6.29. The number of fused-ring (bicyclic) bond motifs is 1. The molecule has 5 nitrogen and oxygen atoms in total. The van der Waals surface area contributed by atoms with Gasteiger partial charge in [-0.2, -0.15) is 0 Å². The summed E-state index contributed by atoms with van der Waals surface area (Å²) in [6, 6.07) is 22.9. The van der Waals surface area contributed by atoms with Crippen LogP contribution in [0.3, 0.4) is 0 Å². The highest BCUT2D eigenvalue weighted by molar-refractivity contribution is 7.80. The van der Waals surface area contributed by atoms with Gasteiger partial charge in [-0.25, -0.2) is 0 Å². The molecule has 6 heteroatoms. The average molecular weight is 378 g/mol. The molecule has 0 saturated heterocycles. The van der Waals surface area contributed by atoms with Gasteiger partial charge < -0.3 is 24.8 Å². The molecule has 3 aromatic carbocycles. The maximum Gasteiger partial charge on any atom is 0.175 e. The number of hydrogen-bond acceptors (Lipinski definition) is 4. The second-order valence-electron chi connectivity index (χ2n) is 5.88. The smallest absolute Gasteiger partial charge is 0.175 e. The molecule has 1 aliphatic rings. The van der Waals surface area contributed by atoms with Crippen molar-refractivity contribution in [2.45, 2.75) is 0 Å². The fraction of sp³-hybridized carbons (Fsp3) is 0.0952. The first-order chi connectivity index (χ1) is 13.3. The first-order valence-electron chi connectivity index (χ1n) is 8.57. The van der Waals surface area contributed by atoms with Gasteiger partial charge in [0.05, 0.1) is 0 Å². The number of rotatable bonds is 4. The Morgan fingerprint density at radius 1 is 0.741 bits per heavy atom. The summed E-state index contributed by atoms with van der Waals surface area (Å²) < 4.78 is 16.9. The van der Waals surface area contributed by atoms with Gasteiger partial charge in [0, 0.05) is 17.4 Å².